The first-order valence-electron chi connectivity index (χ1n) is 10.3. The van der Waals surface area contributed by atoms with Gasteiger partial charge in [0.2, 0.25) is 0 Å². The number of nitrogens with one attached hydrogen (secondary N) is 1. The summed E-state index contributed by atoms with van der Waals surface area (Å²) in [6, 6.07) is 5.95. The van der Waals surface area contributed by atoms with E-state index in [1.54, 1.807) is 19.1 Å². The highest BCUT2D eigenvalue weighted by Gasteiger charge is 2.51. The number of nitrogens with zero attached hydrogens (tertiary/aromatic N) is 1. The number of ether oxygens (including phenoxy) is 1. The Balaban J connectivity index is 1.32. The van der Waals surface area contributed by atoms with Crippen LogP contribution in [-0.4, -0.2) is 28.4 Å². The fourth-order valence-corrected chi connectivity index (χ4v) is 5.80. The van der Waals surface area contributed by atoms with Crippen molar-refractivity contribution in [3.8, 4) is 0 Å². The molecule has 4 saturated carbocycles. The van der Waals surface area contributed by atoms with E-state index in [2.05, 4.69) is 5.32 Å². The van der Waals surface area contributed by atoms with E-state index >= 15 is 0 Å². The number of hydrogen-bond acceptors (Lipinski definition) is 5. The largest absolute Gasteiger partial charge is 0.449 e. The molecular formula is C22H26N2O5. The van der Waals surface area contributed by atoms with Crippen LogP contribution in [0.2, 0.25) is 0 Å². The lowest BCUT2D eigenvalue weighted by Gasteiger charge is -2.57. The molecule has 4 bridgehead atoms. The van der Waals surface area contributed by atoms with Crippen molar-refractivity contribution >= 4 is 23.6 Å². The Morgan fingerprint density at radius 3 is 2.41 bits per heavy atom. The normalized spacial score (nSPS) is 30.9. The van der Waals surface area contributed by atoms with Gasteiger partial charge in [-0.1, -0.05) is 12.1 Å². The zero-order chi connectivity index (χ0) is 20.6. The van der Waals surface area contributed by atoms with Crippen molar-refractivity contribution in [2.45, 2.75) is 57.1 Å². The van der Waals surface area contributed by atoms with Crippen LogP contribution < -0.4 is 5.32 Å². The molecule has 5 rings (SSSR count). The maximum absolute atomic E-state index is 12.7. The average molecular weight is 398 g/mol. The SMILES string of the molecule is C[C@H](OC(=O)/C=C/c1cccc([N+](=O)[O-])c1)C(=O)NC12CC3CC(CC(C3)C1)C2. The number of rotatable bonds is 6. The maximum atomic E-state index is 12.7. The first-order chi connectivity index (χ1) is 13.8. The molecule has 4 fully saturated rings. The first-order valence-corrected chi connectivity index (χ1v) is 10.3. The topological polar surface area (TPSA) is 98.5 Å². The minimum atomic E-state index is -0.884. The molecule has 0 spiro atoms. The van der Waals surface area contributed by atoms with Gasteiger partial charge in [0.15, 0.2) is 6.10 Å². The second-order valence-electron chi connectivity index (χ2n) is 8.95. The van der Waals surface area contributed by atoms with Gasteiger partial charge < -0.3 is 10.1 Å². The van der Waals surface area contributed by atoms with Crippen LogP contribution in [0.4, 0.5) is 5.69 Å². The van der Waals surface area contributed by atoms with Gasteiger partial charge in [0.05, 0.1) is 4.92 Å². The van der Waals surface area contributed by atoms with Gasteiger partial charge in [0, 0.05) is 23.7 Å². The second-order valence-corrected chi connectivity index (χ2v) is 8.95. The fourth-order valence-electron chi connectivity index (χ4n) is 5.80. The molecule has 1 atom stereocenters. The van der Waals surface area contributed by atoms with E-state index in [0.29, 0.717) is 5.56 Å². The second kappa shape index (κ2) is 7.61. The van der Waals surface area contributed by atoms with E-state index in [0.717, 1.165) is 37.0 Å². The number of hydrogen-bond donors (Lipinski definition) is 1. The number of amides is 1. The van der Waals surface area contributed by atoms with E-state index in [1.165, 1.54) is 43.5 Å². The first kappa shape index (κ1) is 19.6. The van der Waals surface area contributed by atoms with Crippen molar-refractivity contribution in [2.24, 2.45) is 17.8 Å². The Bertz CT molecular complexity index is 827. The van der Waals surface area contributed by atoms with Crippen LogP contribution in [0.3, 0.4) is 0 Å². The lowest BCUT2D eigenvalue weighted by molar-refractivity contribution is -0.384. The van der Waals surface area contributed by atoms with Gasteiger partial charge in [-0.05, 0) is 74.8 Å². The van der Waals surface area contributed by atoms with Crippen molar-refractivity contribution in [1.82, 2.24) is 5.32 Å². The Morgan fingerprint density at radius 2 is 1.83 bits per heavy atom. The third-order valence-electron chi connectivity index (χ3n) is 6.58. The van der Waals surface area contributed by atoms with Gasteiger partial charge in [-0.15, -0.1) is 0 Å². The quantitative estimate of drug-likeness (QED) is 0.341. The summed E-state index contributed by atoms with van der Waals surface area (Å²) in [7, 11) is 0. The summed E-state index contributed by atoms with van der Waals surface area (Å²) in [5.74, 6) is 1.26. The minimum absolute atomic E-state index is 0.0520. The number of non-ortho nitro benzene ring substituents is 1. The summed E-state index contributed by atoms with van der Waals surface area (Å²) in [5, 5.41) is 14.0. The molecule has 0 aliphatic heterocycles. The molecular weight excluding hydrogens is 372 g/mol. The Labute approximate surface area is 169 Å². The van der Waals surface area contributed by atoms with Gasteiger partial charge in [0.1, 0.15) is 0 Å². The molecule has 4 aliphatic carbocycles. The molecule has 4 aliphatic rings. The van der Waals surface area contributed by atoms with Crippen LogP contribution in [0.1, 0.15) is 51.0 Å². The Hall–Kier alpha value is -2.70. The van der Waals surface area contributed by atoms with E-state index in [-0.39, 0.29) is 17.1 Å². The molecule has 0 heterocycles. The number of esters is 1. The summed E-state index contributed by atoms with van der Waals surface area (Å²) in [6.07, 6.45) is 8.75. The molecule has 154 valence electrons. The van der Waals surface area contributed by atoms with E-state index in [4.69, 9.17) is 4.74 Å². The number of carbonyl (C=O) groups excluding carboxylic acids is 2. The number of benzene rings is 1. The number of nitro benzene ring substituents is 1. The molecule has 0 unspecified atom stereocenters. The van der Waals surface area contributed by atoms with Gasteiger partial charge in [-0.2, -0.15) is 0 Å². The van der Waals surface area contributed by atoms with Gasteiger partial charge in [-0.25, -0.2) is 4.79 Å². The zero-order valence-corrected chi connectivity index (χ0v) is 16.5. The molecule has 1 N–H and O–H groups in total. The molecule has 29 heavy (non-hydrogen) atoms. The van der Waals surface area contributed by atoms with Crippen LogP contribution in [0.5, 0.6) is 0 Å². The predicted octanol–water partition coefficient (Wildman–Crippen LogP) is 3.62. The van der Waals surface area contributed by atoms with Crippen LogP contribution >= 0.6 is 0 Å². The molecule has 1 amide bonds. The summed E-state index contributed by atoms with van der Waals surface area (Å²) in [4.78, 5) is 35.1. The lowest BCUT2D eigenvalue weighted by atomic mass is 9.53. The smallest absolute Gasteiger partial charge is 0.331 e. The molecule has 0 saturated heterocycles. The highest BCUT2D eigenvalue weighted by atomic mass is 16.6. The fraction of sp³-hybridized carbons (Fsp3) is 0.545. The van der Waals surface area contributed by atoms with E-state index in [9.17, 15) is 19.7 Å². The maximum Gasteiger partial charge on any atom is 0.331 e. The van der Waals surface area contributed by atoms with Gasteiger partial charge in [-0.3, -0.25) is 14.9 Å². The summed E-state index contributed by atoms with van der Waals surface area (Å²) < 4.78 is 5.25. The van der Waals surface area contributed by atoms with Gasteiger partial charge in [0.25, 0.3) is 11.6 Å². The lowest BCUT2D eigenvalue weighted by Crippen LogP contribution is -2.61. The molecule has 7 nitrogen and oxygen atoms in total. The summed E-state index contributed by atoms with van der Waals surface area (Å²) >= 11 is 0. The van der Waals surface area contributed by atoms with E-state index < -0.39 is 17.0 Å². The Kier molecular flexibility index (Phi) is 5.15. The standard InChI is InChI=1S/C22H26N2O5/c1-14(29-20(25)6-5-15-3-2-4-19(10-15)24(27)28)21(26)23-22-11-16-7-17(12-22)9-18(8-16)13-22/h2-6,10,14,16-18H,7-9,11-13H2,1H3,(H,23,26)/b6-5+/t14-,16?,17?,18?,22?/m0/s1. The van der Waals surface area contributed by atoms with Crippen molar-refractivity contribution in [3.05, 3.63) is 46.0 Å². The third kappa shape index (κ3) is 4.33. The number of nitro groups is 1. The number of carbonyl (C=O) groups is 2. The summed E-state index contributed by atoms with van der Waals surface area (Å²) in [5.41, 5.74) is 0.344. The minimum Gasteiger partial charge on any atom is -0.449 e. The van der Waals surface area contributed by atoms with Crippen LogP contribution in [-0.2, 0) is 14.3 Å². The monoisotopic (exact) mass is 398 g/mol. The Morgan fingerprint density at radius 1 is 1.21 bits per heavy atom. The molecule has 1 aromatic rings. The molecule has 7 heteroatoms. The van der Waals surface area contributed by atoms with Crippen molar-refractivity contribution < 1.29 is 19.2 Å². The van der Waals surface area contributed by atoms with Gasteiger partial charge >= 0.3 is 5.97 Å². The molecule has 0 radical (unpaired) electrons. The van der Waals surface area contributed by atoms with Crippen molar-refractivity contribution in [1.29, 1.82) is 0 Å². The predicted molar refractivity (Wildman–Crippen MR) is 107 cm³/mol. The molecule has 1 aromatic carbocycles. The van der Waals surface area contributed by atoms with E-state index in [1.807, 2.05) is 0 Å². The van der Waals surface area contributed by atoms with Crippen molar-refractivity contribution in [3.63, 3.8) is 0 Å². The van der Waals surface area contributed by atoms with Crippen molar-refractivity contribution in [2.75, 3.05) is 0 Å². The van der Waals surface area contributed by atoms with Crippen LogP contribution in [0, 0.1) is 27.9 Å². The third-order valence-corrected chi connectivity index (χ3v) is 6.58. The highest BCUT2D eigenvalue weighted by Crippen LogP contribution is 2.55. The van der Waals surface area contributed by atoms with Crippen LogP contribution in [0.25, 0.3) is 6.08 Å². The zero-order valence-electron chi connectivity index (χ0n) is 16.5. The molecule has 0 aromatic heterocycles. The summed E-state index contributed by atoms with van der Waals surface area (Å²) in [6.45, 7) is 1.58. The highest BCUT2D eigenvalue weighted by molar-refractivity contribution is 5.90. The van der Waals surface area contributed by atoms with Crippen LogP contribution in [0.15, 0.2) is 30.3 Å². The average Bonchev–Trinajstić information content (AvgIpc) is 2.65.